The fraction of sp³-hybridized carbons (Fsp3) is 0.238. The largest absolute Gasteiger partial charge is 0.495 e. The minimum atomic E-state index is -0.132. The Bertz CT molecular complexity index is 923. The zero-order valence-electron chi connectivity index (χ0n) is 15.9. The molecule has 0 aliphatic carbocycles. The lowest BCUT2D eigenvalue weighted by Crippen LogP contribution is -2.26. The van der Waals surface area contributed by atoms with Crippen LogP contribution < -0.4 is 15.4 Å². The molecule has 0 atom stereocenters. The quantitative estimate of drug-likeness (QED) is 0.587. The average Bonchev–Trinajstić information content (AvgIpc) is 2.61. The lowest BCUT2D eigenvalue weighted by Gasteiger charge is -2.22. The van der Waals surface area contributed by atoms with Crippen molar-refractivity contribution in [1.29, 1.82) is 0 Å². The smallest absolute Gasteiger partial charge is 0.229 e. The number of hydrogen-bond donors (Lipinski definition) is 2. The van der Waals surface area contributed by atoms with Gasteiger partial charge < -0.3 is 15.4 Å². The Labute approximate surface area is 164 Å². The number of nitrogens with one attached hydrogen (secondary N) is 2. The molecule has 0 radical (unpaired) electrons. The molecular weight excluding hydrogens is 360 g/mol. The topological polar surface area (TPSA) is 59.1 Å². The van der Waals surface area contributed by atoms with Crippen LogP contribution in [0.1, 0.15) is 20.8 Å². The minimum absolute atomic E-state index is 0.132. The Balaban J connectivity index is 2.04. The molecule has 0 aliphatic heterocycles. The van der Waals surface area contributed by atoms with Crippen molar-refractivity contribution in [3.8, 4) is 17.0 Å². The van der Waals surface area contributed by atoms with E-state index in [0.717, 1.165) is 17.1 Å². The zero-order chi connectivity index (χ0) is 19.4. The summed E-state index contributed by atoms with van der Waals surface area (Å²) < 4.78 is 5.41. The molecule has 3 aromatic rings. The Morgan fingerprint density at radius 1 is 0.963 bits per heavy atom. The lowest BCUT2D eigenvalue weighted by molar-refractivity contribution is 0.417. The average molecular weight is 383 g/mol. The van der Waals surface area contributed by atoms with E-state index in [0.29, 0.717) is 22.4 Å². The van der Waals surface area contributed by atoms with Gasteiger partial charge in [0.1, 0.15) is 11.6 Å². The van der Waals surface area contributed by atoms with E-state index >= 15 is 0 Å². The van der Waals surface area contributed by atoms with E-state index in [9.17, 15) is 0 Å². The molecule has 2 aromatic carbocycles. The highest BCUT2D eigenvalue weighted by atomic mass is 35.5. The fourth-order valence-corrected chi connectivity index (χ4v) is 2.78. The molecule has 5 nitrogen and oxygen atoms in total. The van der Waals surface area contributed by atoms with Gasteiger partial charge in [-0.3, -0.25) is 0 Å². The number of halogens is 1. The van der Waals surface area contributed by atoms with Crippen LogP contribution in [0.2, 0.25) is 5.02 Å². The first-order valence-corrected chi connectivity index (χ1v) is 9.05. The standard InChI is InChI=1S/C21H23ClN4O/c1-21(2,3)26-19-13-16(14-8-6-5-7-9-14)23-20(25-19)24-17-12-15(22)10-11-18(17)27-4/h5-13H,1-4H3,(H2,23,24,25,26). The van der Waals surface area contributed by atoms with Crippen LogP contribution in [0.5, 0.6) is 5.75 Å². The highest BCUT2D eigenvalue weighted by Gasteiger charge is 2.14. The van der Waals surface area contributed by atoms with Crippen molar-refractivity contribution in [3.63, 3.8) is 0 Å². The molecule has 140 valence electrons. The highest BCUT2D eigenvalue weighted by molar-refractivity contribution is 6.31. The van der Waals surface area contributed by atoms with Crippen molar-refractivity contribution < 1.29 is 4.74 Å². The summed E-state index contributed by atoms with van der Waals surface area (Å²) in [4.78, 5) is 9.29. The summed E-state index contributed by atoms with van der Waals surface area (Å²) in [7, 11) is 1.61. The maximum atomic E-state index is 6.14. The summed E-state index contributed by atoms with van der Waals surface area (Å²) >= 11 is 6.14. The van der Waals surface area contributed by atoms with Gasteiger partial charge in [0, 0.05) is 22.2 Å². The molecule has 6 heteroatoms. The van der Waals surface area contributed by atoms with Crippen LogP contribution in [-0.4, -0.2) is 22.6 Å². The first kappa shape index (κ1) is 19.0. The van der Waals surface area contributed by atoms with Crippen LogP contribution in [0.3, 0.4) is 0 Å². The number of anilines is 3. The normalized spacial score (nSPS) is 11.1. The summed E-state index contributed by atoms with van der Waals surface area (Å²) in [5, 5.41) is 7.24. The van der Waals surface area contributed by atoms with Crippen molar-refractivity contribution in [2.24, 2.45) is 0 Å². The summed E-state index contributed by atoms with van der Waals surface area (Å²) in [6.45, 7) is 6.26. The molecule has 1 heterocycles. The van der Waals surface area contributed by atoms with Gasteiger partial charge in [0.2, 0.25) is 5.95 Å². The minimum Gasteiger partial charge on any atom is -0.495 e. The van der Waals surface area contributed by atoms with Gasteiger partial charge in [-0.05, 0) is 39.0 Å². The van der Waals surface area contributed by atoms with Crippen LogP contribution in [0.25, 0.3) is 11.3 Å². The number of aromatic nitrogens is 2. The van der Waals surface area contributed by atoms with Crippen molar-refractivity contribution in [2.75, 3.05) is 17.7 Å². The predicted octanol–water partition coefficient (Wildman–Crippen LogP) is 5.76. The molecule has 0 spiro atoms. The molecule has 0 fully saturated rings. The first-order valence-electron chi connectivity index (χ1n) is 8.67. The summed E-state index contributed by atoms with van der Waals surface area (Å²) in [5.74, 6) is 1.86. The van der Waals surface area contributed by atoms with Gasteiger partial charge in [0.25, 0.3) is 0 Å². The van der Waals surface area contributed by atoms with E-state index in [-0.39, 0.29) is 5.54 Å². The number of rotatable bonds is 5. The van der Waals surface area contributed by atoms with Crippen LogP contribution in [0, 0.1) is 0 Å². The van der Waals surface area contributed by atoms with Crippen molar-refractivity contribution >= 4 is 29.1 Å². The van der Waals surface area contributed by atoms with Crippen molar-refractivity contribution in [2.45, 2.75) is 26.3 Å². The third-order valence-corrected chi connectivity index (χ3v) is 3.94. The molecule has 27 heavy (non-hydrogen) atoms. The molecule has 1 aromatic heterocycles. The molecule has 0 unspecified atom stereocenters. The van der Waals surface area contributed by atoms with E-state index in [4.69, 9.17) is 16.3 Å². The molecule has 2 N–H and O–H groups in total. The van der Waals surface area contributed by atoms with Crippen LogP contribution in [0.4, 0.5) is 17.5 Å². The first-order chi connectivity index (χ1) is 12.8. The van der Waals surface area contributed by atoms with E-state index in [1.165, 1.54) is 0 Å². The maximum Gasteiger partial charge on any atom is 0.229 e. The van der Waals surface area contributed by atoms with Crippen LogP contribution in [0.15, 0.2) is 54.6 Å². The van der Waals surface area contributed by atoms with E-state index in [1.807, 2.05) is 36.4 Å². The Morgan fingerprint density at radius 3 is 2.37 bits per heavy atom. The SMILES string of the molecule is COc1ccc(Cl)cc1Nc1nc(NC(C)(C)C)cc(-c2ccccc2)n1. The van der Waals surface area contributed by atoms with Crippen molar-refractivity contribution in [1.82, 2.24) is 9.97 Å². The molecule has 0 bridgehead atoms. The van der Waals surface area contributed by atoms with Gasteiger partial charge in [0.15, 0.2) is 0 Å². The van der Waals surface area contributed by atoms with E-state index in [2.05, 4.69) is 41.4 Å². The third kappa shape index (κ3) is 5.11. The predicted molar refractivity (Wildman–Crippen MR) is 112 cm³/mol. The molecular formula is C21H23ClN4O. The zero-order valence-corrected chi connectivity index (χ0v) is 16.6. The molecule has 0 saturated heterocycles. The summed E-state index contributed by atoms with van der Waals surface area (Å²) in [6.07, 6.45) is 0. The van der Waals surface area contributed by atoms with E-state index in [1.54, 1.807) is 25.3 Å². The van der Waals surface area contributed by atoms with Gasteiger partial charge in [-0.15, -0.1) is 0 Å². The van der Waals surface area contributed by atoms with Gasteiger partial charge in [-0.1, -0.05) is 41.9 Å². The second kappa shape index (κ2) is 7.84. The number of ether oxygens (including phenoxy) is 1. The second-order valence-electron chi connectivity index (χ2n) is 7.17. The number of benzene rings is 2. The Kier molecular flexibility index (Phi) is 5.51. The highest BCUT2D eigenvalue weighted by Crippen LogP contribution is 2.31. The van der Waals surface area contributed by atoms with Crippen LogP contribution >= 0.6 is 11.6 Å². The van der Waals surface area contributed by atoms with Crippen LogP contribution in [-0.2, 0) is 0 Å². The monoisotopic (exact) mass is 382 g/mol. The van der Waals surface area contributed by atoms with Gasteiger partial charge in [0.05, 0.1) is 18.5 Å². The molecule has 0 saturated carbocycles. The Hall–Kier alpha value is -2.79. The number of hydrogen-bond acceptors (Lipinski definition) is 5. The fourth-order valence-electron chi connectivity index (χ4n) is 2.61. The van der Waals surface area contributed by atoms with E-state index < -0.39 is 0 Å². The molecule has 0 amide bonds. The number of nitrogens with zero attached hydrogens (tertiary/aromatic N) is 2. The lowest BCUT2D eigenvalue weighted by atomic mass is 10.1. The summed E-state index contributed by atoms with van der Waals surface area (Å²) in [5.41, 5.74) is 2.41. The molecule has 0 aliphatic rings. The van der Waals surface area contributed by atoms with Gasteiger partial charge in [-0.2, -0.15) is 4.98 Å². The summed E-state index contributed by atoms with van der Waals surface area (Å²) in [6, 6.07) is 17.3. The van der Waals surface area contributed by atoms with Gasteiger partial charge >= 0.3 is 0 Å². The second-order valence-corrected chi connectivity index (χ2v) is 7.61. The maximum absolute atomic E-state index is 6.14. The van der Waals surface area contributed by atoms with Crippen molar-refractivity contribution in [3.05, 3.63) is 59.6 Å². The van der Waals surface area contributed by atoms with Gasteiger partial charge in [-0.25, -0.2) is 4.98 Å². The molecule has 3 rings (SSSR count). The third-order valence-electron chi connectivity index (χ3n) is 3.71. The number of methoxy groups -OCH3 is 1. The Morgan fingerprint density at radius 2 is 1.70 bits per heavy atom.